The van der Waals surface area contributed by atoms with Crippen LogP contribution in [0.4, 0.5) is 0 Å². The number of Topliss-reactive ketones (excluding diaryl/α,β-unsaturated/α-hetero) is 1. The Morgan fingerprint density at radius 3 is 2.83 bits per heavy atom. The number of benzene rings is 1. The van der Waals surface area contributed by atoms with Gasteiger partial charge >= 0.3 is 0 Å². The monoisotopic (exact) mass is 392 g/mol. The van der Waals surface area contributed by atoms with E-state index in [1.165, 1.54) is 0 Å². The summed E-state index contributed by atoms with van der Waals surface area (Å²) in [6.45, 7) is 2.33. The maximum atomic E-state index is 12.9. The normalized spacial score (nSPS) is 12.0. The Morgan fingerprint density at radius 1 is 1.17 bits per heavy atom. The Bertz CT molecular complexity index is 937. The highest BCUT2D eigenvalue weighted by molar-refractivity contribution is 5.81. The third kappa shape index (κ3) is 5.98. The van der Waals surface area contributed by atoms with E-state index in [0.29, 0.717) is 25.2 Å². The molecule has 0 aliphatic carbocycles. The van der Waals surface area contributed by atoms with Gasteiger partial charge in [0.15, 0.2) is 0 Å². The number of amides is 1. The fraction of sp³-hybridized carbons (Fsp3) is 0.391. The molecule has 0 radical (unpaired) electrons. The molecule has 6 heteroatoms. The maximum absolute atomic E-state index is 12.9. The number of para-hydroxylation sites is 1. The predicted octanol–water partition coefficient (Wildman–Crippen LogP) is 4.22. The molecule has 2 heterocycles. The van der Waals surface area contributed by atoms with Crippen LogP contribution in [0.5, 0.6) is 0 Å². The zero-order valence-corrected chi connectivity index (χ0v) is 16.9. The van der Waals surface area contributed by atoms with Gasteiger partial charge in [0.2, 0.25) is 5.91 Å². The van der Waals surface area contributed by atoms with E-state index in [1.807, 2.05) is 42.0 Å². The van der Waals surface area contributed by atoms with Gasteiger partial charge in [-0.1, -0.05) is 38.0 Å². The summed E-state index contributed by atoms with van der Waals surface area (Å²) in [5.41, 5.74) is 1.92. The largest absolute Gasteiger partial charge is 0.350 e. The van der Waals surface area contributed by atoms with Gasteiger partial charge in [0.25, 0.3) is 0 Å². The minimum Gasteiger partial charge on any atom is -0.350 e. The number of fused-ring (bicyclic) bond motifs is 1. The fourth-order valence-corrected chi connectivity index (χ4v) is 3.40. The third-order valence-corrected chi connectivity index (χ3v) is 5.13. The van der Waals surface area contributed by atoms with Crippen molar-refractivity contribution in [1.29, 1.82) is 0 Å². The van der Waals surface area contributed by atoms with Crippen LogP contribution < -0.4 is 5.32 Å². The van der Waals surface area contributed by atoms with E-state index in [4.69, 9.17) is 0 Å². The molecule has 1 amide bonds. The number of nitrogens with one attached hydrogen (secondary N) is 1. The number of hydrogen-bond donors (Lipinski definition) is 1. The molecule has 0 saturated carbocycles. The van der Waals surface area contributed by atoms with Crippen LogP contribution in [-0.2, 0) is 16.1 Å². The summed E-state index contributed by atoms with van der Waals surface area (Å²) in [4.78, 5) is 32.8. The molecule has 1 atom stereocenters. The molecule has 1 aromatic carbocycles. The summed E-state index contributed by atoms with van der Waals surface area (Å²) in [7, 11) is 0. The summed E-state index contributed by atoms with van der Waals surface area (Å²) in [5.74, 6) is 0.277. The van der Waals surface area contributed by atoms with Crippen LogP contribution in [0.15, 0.2) is 55.2 Å². The minimum atomic E-state index is -0.298. The lowest BCUT2D eigenvalue weighted by Gasteiger charge is -2.18. The Hall–Kier alpha value is -3.02. The topological polar surface area (TPSA) is 76.9 Å². The number of ketones is 1. The van der Waals surface area contributed by atoms with Crippen molar-refractivity contribution in [1.82, 2.24) is 19.9 Å². The lowest BCUT2D eigenvalue weighted by Crippen LogP contribution is -2.32. The fourth-order valence-electron chi connectivity index (χ4n) is 3.40. The van der Waals surface area contributed by atoms with Crippen molar-refractivity contribution in [3.63, 3.8) is 0 Å². The zero-order valence-electron chi connectivity index (χ0n) is 16.9. The first-order chi connectivity index (χ1) is 14.2. The summed E-state index contributed by atoms with van der Waals surface area (Å²) in [5, 5.41) is 4.10. The first kappa shape index (κ1) is 20.7. The average molecular weight is 393 g/mol. The van der Waals surface area contributed by atoms with Crippen molar-refractivity contribution >= 4 is 22.6 Å². The lowest BCUT2D eigenvalue weighted by atomic mass is 10.0. The van der Waals surface area contributed by atoms with Gasteiger partial charge in [0.05, 0.1) is 11.8 Å². The number of rotatable bonds is 11. The van der Waals surface area contributed by atoms with Crippen molar-refractivity contribution < 1.29 is 9.59 Å². The number of imidazole rings is 1. The number of pyridine rings is 1. The number of carbonyl (C=O) groups excluding carboxylic acids is 2. The Kier molecular flexibility index (Phi) is 7.50. The van der Waals surface area contributed by atoms with Gasteiger partial charge in [0, 0.05) is 43.4 Å². The van der Waals surface area contributed by atoms with Crippen molar-refractivity contribution in [3.8, 4) is 0 Å². The second-order valence-electron chi connectivity index (χ2n) is 7.27. The molecule has 3 rings (SSSR count). The van der Waals surface area contributed by atoms with Gasteiger partial charge in [-0.3, -0.25) is 14.6 Å². The molecule has 0 aliphatic rings. The van der Waals surface area contributed by atoms with Crippen LogP contribution in [0.2, 0.25) is 0 Å². The van der Waals surface area contributed by atoms with Crippen LogP contribution in [0.3, 0.4) is 0 Å². The van der Waals surface area contributed by atoms with Gasteiger partial charge in [-0.15, -0.1) is 0 Å². The minimum absolute atomic E-state index is 0.0270. The van der Waals surface area contributed by atoms with Gasteiger partial charge < -0.3 is 9.88 Å². The highest BCUT2D eigenvalue weighted by atomic mass is 16.2. The summed E-state index contributed by atoms with van der Waals surface area (Å²) >= 11 is 0. The molecule has 3 aromatic rings. The molecular formula is C23H28N4O2. The number of carbonyl (C=O) groups is 2. The molecule has 0 bridgehead atoms. The van der Waals surface area contributed by atoms with Gasteiger partial charge in [0.1, 0.15) is 11.8 Å². The van der Waals surface area contributed by atoms with Gasteiger partial charge in [-0.05, 0) is 30.5 Å². The zero-order chi connectivity index (χ0) is 20.5. The van der Waals surface area contributed by atoms with Crippen LogP contribution in [0.25, 0.3) is 10.9 Å². The standard InChI is InChI=1S/C23H28N4O2/c1-2-20(28)9-4-3-5-11-22(27-13-12-24-17-27)23(29)26-16-18-14-19-8-6-7-10-21(19)25-15-18/h6-8,10,12-15,17,22H,2-5,9,11,16H2,1H3,(H,26,29). The Labute approximate surface area is 171 Å². The lowest BCUT2D eigenvalue weighted by molar-refractivity contribution is -0.124. The molecule has 152 valence electrons. The van der Waals surface area contributed by atoms with E-state index in [-0.39, 0.29) is 11.9 Å². The average Bonchev–Trinajstić information content (AvgIpc) is 3.28. The second-order valence-corrected chi connectivity index (χ2v) is 7.27. The van der Waals surface area contributed by atoms with Gasteiger partial charge in [-0.2, -0.15) is 0 Å². The molecule has 0 spiro atoms. The molecule has 1 N–H and O–H groups in total. The number of hydrogen-bond acceptors (Lipinski definition) is 4. The maximum Gasteiger partial charge on any atom is 0.243 e. The van der Waals surface area contributed by atoms with E-state index < -0.39 is 0 Å². The molecule has 0 saturated heterocycles. The molecule has 29 heavy (non-hydrogen) atoms. The number of aromatic nitrogens is 3. The Morgan fingerprint density at radius 2 is 2.03 bits per heavy atom. The van der Waals surface area contributed by atoms with E-state index in [0.717, 1.165) is 42.1 Å². The number of unbranched alkanes of at least 4 members (excludes halogenated alkanes) is 2. The quantitative estimate of drug-likeness (QED) is 0.496. The van der Waals surface area contributed by atoms with Crippen molar-refractivity contribution in [2.45, 2.75) is 58.0 Å². The highest BCUT2D eigenvalue weighted by Crippen LogP contribution is 2.18. The highest BCUT2D eigenvalue weighted by Gasteiger charge is 2.19. The van der Waals surface area contributed by atoms with Crippen LogP contribution in [0, 0.1) is 0 Å². The van der Waals surface area contributed by atoms with E-state index in [9.17, 15) is 9.59 Å². The van der Waals surface area contributed by atoms with Crippen LogP contribution >= 0.6 is 0 Å². The summed E-state index contributed by atoms with van der Waals surface area (Å²) in [6.07, 6.45) is 11.7. The summed E-state index contributed by atoms with van der Waals surface area (Å²) in [6, 6.07) is 9.69. The molecular weight excluding hydrogens is 364 g/mol. The van der Waals surface area contributed by atoms with E-state index in [2.05, 4.69) is 21.4 Å². The van der Waals surface area contributed by atoms with Crippen LogP contribution in [0.1, 0.15) is 57.1 Å². The smallest absolute Gasteiger partial charge is 0.243 e. The Balaban J connectivity index is 1.55. The SMILES string of the molecule is CCC(=O)CCCCCC(C(=O)NCc1cnc2ccccc2c1)n1ccnc1. The van der Waals surface area contributed by atoms with Crippen molar-refractivity contribution in [2.24, 2.45) is 0 Å². The first-order valence-corrected chi connectivity index (χ1v) is 10.3. The second kappa shape index (κ2) is 10.5. The third-order valence-electron chi connectivity index (χ3n) is 5.13. The van der Waals surface area contributed by atoms with Crippen molar-refractivity contribution in [3.05, 3.63) is 60.8 Å². The summed E-state index contributed by atoms with van der Waals surface area (Å²) < 4.78 is 1.85. The predicted molar refractivity (Wildman–Crippen MR) is 113 cm³/mol. The molecule has 1 unspecified atom stereocenters. The molecule has 2 aromatic heterocycles. The molecule has 0 fully saturated rings. The van der Waals surface area contributed by atoms with E-state index >= 15 is 0 Å². The molecule has 0 aliphatic heterocycles. The van der Waals surface area contributed by atoms with Crippen LogP contribution in [-0.4, -0.2) is 26.2 Å². The molecule has 6 nitrogen and oxygen atoms in total. The number of nitrogens with zero attached hydrogens (tertiary/aromatic N) is 3. The first-order valence-electron chi connectivity index (χ1n) is 10.3. The van der Waals surface area contributed by atoms with Gasteiger partial charge in [-0.25, -0.2) is 4.98 Å². The van der Waals surface area contributed by atoms with E-state index in [1.54, 1.807) is 18.7 Å². The van der Waals surface area contributed by atoms with Crippen molar-refractivity contribution in [2.75, 3.05) is 0 Å².